The first kappa shape index (κ1) is 14.7. The lowest BCUT2D eigenvalue weighted by atomic mass is 10.1. The van der Waals surface area contributed by atoms with Gasteiger partial charge in [0.2, 0.25) is 5.91 Å². The van der Waals surface area contributed by atoms with E-state index in [0.717, 1.165) is 0 Å². The van der Waals surface area contributed by atoms with Gasteiger partial charge in [-0.3, -0.25) is 4.79 Å². The average Bonchev–Trinajstić information content (AvgIpc) is 2.21. The standard InChI is InChI=1S/C10H20N2O4/c1-6(2)5-11-9(13)8(7(3)16-4)12-10(14)15/h6-8,12H,5H2,1-4H3,(H,11,13)(H,14,15)/t7-,8-/m0/s1. The number of hydrogen-bond donors (Lipinski definition) is 3. The highest BCUT2D eigenvalue weighted by atomic mass is 16.5. The number of hydrogen-bond acceptors (Lipinski definition) is 3. The van der Waals surface area contributed by atoms with Gasteiger partial charge in [0.15, 0.2) is 0 Å². The van der Waals surface area contributed by atoms with Gasteiger partial charge in [-0.1, -0.05) is 13.8 Å². The van der Waals surface area contributed by atoms with Crippen LogP contribution in [0.25, 0.3) is 0 Å². The molecule has 6 nitrogen and oxygen atoms in total. The molecule has 0 aliphatic heterocycles. The van der Waals surface area contributed by atoms with Gasteiger partial charge in [-0.05, 0) is 12.8 Å². The van der Waals surface area contributed by atoms with Crippen LogP contribution in [0.15, 0.2) is 0 Å². The van der Waals surface area contributed by atoms with Crippen LogP contribution in [0.2, 0.25) is 0 Å². The fourth-order valence-corrected chi connectivity index (χ4v) is 1.08. The van der Waals surface area contributed by atoms with E-state index < -0.39 is 18.2 Å². The Morgan fingerprint density at radius 1 is 1.31 bits per heavy atom. The van der Waals surface area contributed by atoms with Crippen LogP contribution in [-0.2, 0) is 9.53 Å². The number of carbonyl (C=O) groups is 2. The second kappa shape index (κ2) is 7.05. The van der Waals surface area contributed by atoms with Crippen LogP contribution in [0.4, 0.5) is 4.79 Å². The van der Waals surface area contributed by atoms with Gasteiger partial charge in [0.1, 0.15) is 6.04 Å². The Hall–Kier alpha value is -1.30. The first-order chi connectivity index (χ1) is 7.38. The normalized spacial score (nSPS) is 14.3. The molecule has 2 atom stereocenters. The molecule has 0 rings (SSSR count). The van der Waals surface area contributed by atoms with Crippen LogP contribution in [0.5, 0.6) is 0 Å². The molecule has 0 aromatic rings. The molecule has 0 aliphatic rings. The number of nitrogens with one attached hydrogen (secondary N) is 2. The minimum absolute atomic E-state index is 0.312. The highest BCUT2D eigenvalue weighted by Crippen LogP contribution is 1.99. The van der Waals surface area contributed by atoms with Crippen LogP contribution in [-0.4, -0.2) is 42.9 Å². The third-order valence-electron chi connectivity index (χ3n) is 2.09. The molecule has 0 saturated carbocycles. The molecule has 2 amide bonds. The monoisotopic (exact) mass is 232 g/mol. The molecular weight excluding hydrogens is 212 g/mol. The molecule has 0 aliphatic carbocycles. The third kappa shape index (κ3) is 5.55. The predicted octanol–water partition coefficient (Wildman–Crippen LogP) is 0.430. The summed E-state index contributed by atoms with van der Waals surface area (Å²) in [6.45, 7) is 6.06. The molecule has 0 saturated heterocycles. The largest absolute Gasteiger partial charge is 0.465 e. The Morgan fingerprint density at radius 3 is 2.25 bits per heavy atom. The molecule has 0 aromatic carbocycles. The maximum Gasteiger partial charge on any atom is 0.405 e. The molecule has 0 fully saturated rings. The van der Waals surface area contributed by atoms with Crippen molar-refractivity contribution in [1.29, 1.82) is 0 Å². The fourth-order valence-electron chi connectivity index (χ4n) is 1.08. The molecule has 0 bridgehead atoms. The number of carbonyl (C=O) groups excluding carboxylic acids is 1. The zero-order valence-corrected chi connectivity index (χ0v) is 10.1. The lowest BCUT2D eigenvalue weighted by Gasteiger charge is -2.22. The zero-order valence-electron chi connectivity index (χ0n) is 10.1. The average molecular weight is 232 g/mol. The van der Waals surface area contributed by atoms with Gasteiger partial charge in [0.25, 0.3) is 0 Å². The number of methoxy groups -OCH3 is 1. The SMILES string of the molecule is CO[C@@H](C)[C@H](NC(=O)O)C(=O)NCC(C)C. The van der Waals surface area contributed by atoms with Gasteiger partial charge in [0.05, 0.1) is 6.10 Å². The summed E-state index contributed by atoms with van der Waals surface area (Å²) >= 11 is 0. The molecule has 0 unspecified atom stereocenters. The first-order valence-corrected chi connectivity index (χ1v) is 5.18. The summed E-state index contributed by atoms with van der Waals surface area (Å²) in [6, 6.07) is -0.888. The van der Waals surface area contributed by atoms with E-state index in [4.69, 9.17) is 9.84 Å². The molecular formula is C10H20N2O4. The maximum absolute atomic E-state index is 11.7. The van der Waals surface area contributed by atoms with Crippen molar-refractivity contribution in [2.24, 2.45) is 5.92 Å². The molecule has 3 N–H and O–H groups in total. The molecule has 0 aromatic heterocycles. The van der Waals surface area contributed by atoms with E-state index in [2.05, 4.69) is 10.6 Å². The van der Waals surface area contributed by atoms with Crippen LogP contribution < -0.4 is 10.6 Å². The highest BCUT2D eigenvalue weighted by Gasteiger charge is 2.26. The van der Waals surface area contributed by atoms with Crippen molar-refractivity contribution in [3.63, 3.8) is 0 Å². The maximum atomic E-state index is 11.7. The topological polar surface area (TPSA) is 87.7 Å². The predicted molar refractivity (Wildman–Crippen MR) is 59.3 cm³/mol. The Bertz CT molecular complexity index is 243. The summed E-state index contributed by atoms with van der Waals surface area (Å²) in [4.78, 5) is 22.2. The Morgan fingerprint density at radius 2 is 1.88 bits per heavy atom. The number of rotatable bonds is 6. The molecule has 0 radical (unpaired) electrons. The number of ether oxygens (including phenoxy) is 1. The van der Waals surface area contributed by atoms with Gasteiger partial charge in [-0.25, -0.2) is 4.79 Å². The fraction of sp³-hybridized carbons (Fsp3) is 0.800. The van der Waals surface area contributed by atoms with Crippen molar-refractivity contribution < 1.29 is 19.4 Å². The van der Waals surface area contributed by atoms with Crippen molar-refractivity contribution in [3.8, 4) is 0 Å². The van der Waals surface area contributed by atoms with Crippen LogP contribution in [0.1, 0.15) is 20.8 Å². The Balaban J connectivity index is 4.37. The van der Waals surface area contributed by atoms with E-state index in [9.17, 15) is 9.59 Å². The van der Waals surface area contributed by atoms with Gasteiger partial charge >= 0.3 is 6.09 Å². The van der Waals surface area contributed by atoms with E-state index in [-0.39, 0.29) is 5.91 Å². The van der Waals surface area contributed by atoms with Gasteiger partial charge < -0.3 is 20.5 Å². The number of amides is 2. The molecule has 6 heteroatoms. The van der Waals surface area contributed by atoms with E-state index >= 15 is 0 Å². The summed E-state index contributed by atoms with van der Waals surface area (Å²) in [5.74, 6) is -0.0577. The first-order valence-electron chi connectivity index (χ1n) is 5.18. The van der Waals surface area contributed by atoms with Crippen molar-refractivity contribution in [3.05, 3.63) is 0 Å². The van der Waals surface area contributed by atoms with Gasteiger partial charge in [0, 0.05) is 13.7 Å². The minimum atomic E-state index is -1.24. The lowest BCUT2D eigenvalue weighted by Crippen LogP contribution is -2.53. The second-order valence-electron chi connectivity index (χ2n) is 4.01. The van der Waals surface area contributed by atoms with Crippen molar-refractivity contribution in [2.75, 3.05) is 13.7 Å². The highest BCUT2D eigenvalue weighted by molar-refractivity contribution is 5.85. The van der Waals surface area contributed by atoms with E-state index in [1.54, 1.807) is 6.92 Å². The van der Waals surface area contributed by atoms with E-state index in [1.165, 1.54) is 7.11 Å². The third-order valence-corrected chi connectivity index (χ3v) is 2.09. The summed E-state index contributed by atoms with van der Waals surface area (Å²) in [7, 11) is 1.43. The second-order valence-corrected chi connectivity index (χ2v) is 4.01. The smallest absolute Gasteiger partial charge is 0.405 e. The Labute approximate surface area is 95.4 Å². The van der Waals surface area contributed by atoms with Crippen molar-refractivity contribution >= 4 is 12.0 Å². The quantitative estimate of drug-likeness (QED) is 0.619. The zero-order chi connectivity index (χ0) is 12.7. The van der Waals surface area contributed by atoms with Crippen molar-refractivity contribution in [1.82, 2.24) is 10.6 Å². The Kier molecular flexibility index (Phi) is 6.48. The van der Waals surface area contributed by atoms with Gasteiger partial charge in [-0.15, -0.1) is 0 Å². The van der Waals surface area contributed by atoms with E-state index in [0.29, 0.717) is 12.5 Å². The molecule has 0 heterocycles. The molecule has 94 valence electrons. The van der Waals surface area contributed by atoms with Crippen LogP contribution >= 0.6 is 0 Å². The summed E-state index contributed by atoms with van der Waals surface area (Å²) < 4.78 is 4.95. The van der Waals surface area contributed by atoms with Crippen molar-refractivity contribution in [2.45, 2.75) is 32.9 Å². The lowest BCUT2D eigenvalue weighted by molar-refractivity contribution is -0.126. The van der Waals surface area contributed by atoms with Crippen LogP contribution in [0, 0.1) is 5.92 Å². The number of carboxylic acid groups (broad SMARTS) is 1. The summed E-state index contributed by atoms with van der Waals surface area (Å²) in [5.41, 5.74) is 0. The molecule has 16 heavy (non-hydrogen) atoms. The van der Waals surface area contributed by atoms with Crippen LogP contribution in [0.3, 0.4) is 0 Å². The van der Waals surface area contributed by atoms with E-state index in [1.807, 2.05) is 13.8 Å². The van der Waals surface area contributed by atoms with Gasteiger partial charge in [-0.2, -0.15) is 0 Å². The minimum Gasteiger partial charge on any atom is -0.465 e. The summed E-state index contributed by atoms with van der Waals surface area (Å²) in [5, 5.41) is 13.4. The summed E-state index contributed by atoms with van der Waals surface area (Å²) in [6.07, 6.45) is -1.75. The molecule has 0 spiro atoms.